The summed E-state index contributed by atoms with van der Waals surface area (Å²) in [6, 6.07) is 30.2. The Kier molecular flexibility index (Phi) is 10.2. The van der Waals surface area contributed by atoms with Gasteiger partial charge in [0.1, 0.15) is 29.3 Å². The maximum Gasteiger partial charge on any atom is 0.330 e. The molecule has 0 aliphatic heterocycles. The summed E-state index contributed by atoms with van der Waals surface area (Å²) >= 11 is 0. The van der Waals surface area contributed by atoms with Crippen molar-refractivity contribution in [1.82, 2.24) is 0 Å². The van der Waals surface area contributed by atoms with Crippen molar-refractivity contribution in [3.8, 4) is 23.0 Å². The minimum absolute atomic E-state index is 0.336. The van der Waals surface area contributed by atoms with E-state index in [2.05, 4.69) is 0 Å². The van der Waals surface area contributed by atoms with E-state index in [1.165, 1.54) is 17.2 Å². The summed E-state index contributed by atoms with van der Waals surface area (Å²) < 4.78 is 16.2. The SMILES string of the molecule is CCOC(=O)/C=C/c1ccc(Oc2ccc(C)cc2)cc1.Cc1ccc(Oc2ccc(C=O)cc2)cc1. The second-order valence-electron chi connectivity index (χ2n) is 8.17. The van der Waals surface area contributed by atoms with Crippen LogP contribution in [0.2, 0.25) is 0 Å². The first-order valence-electron chi connectivity index (χ1n) is 11.9. The zero-order chi connectivity index (χ0) is 26.5. The molecule has 5 nitrogen and oxygen atoms in total. The van der Waals surface area contributed by atoms with Crippen LogP contribution < -0.4 is 9.47 Å². The topological polar surface area (TPSA) is 61.8 Å². The zero-order valence-electron chi connectivity index (χ0n) is 21.2. The van der Waals surface area contributed by atoms with Crippen LogP contribution in [0, 0.1) is 13.8 Å². The number of ether oxygens (including phenoxy) is 3. The Bertz CT molecular complexity index is 1290. The lowest BCUT2D eigenvalue weighted by Crippen LogP contribution is -1.98. The summed E-state index contributed by atoms with van der Waals surface area (Å²) in [6.45, 7) is 6.23. The second kappa shape index (κ2) is 14.0. The summed E-state index contributed by atoms with van der Waals surface area (Å²) in [6.07, 6.45) is 3.95. The molecule has 37 heavy (non-hydrogen) atoms. The lowest BCUT2D eigenvalue weighted by Gasteiger charge is -2.06. The Morgan fingerprint density at radius 1 is 0.622 bits per heavy atom. The third-order valence-corrected chi connectivity index (χ3v) is 5.11. The highest BCUT2D eigenvalue weighted by atomic mass is 16.5. The van der Waals surface area contributed by atoms with Gasteiger partial charge in [0.2, 0.25) is 0 Å². The molecule has 0 N–H and O–H groups in total. The summed E-state index contributed by atoms with van der Waals surface area (Å²) in [4.78, 5) is 21.7. The van der Waals surface area contributed by atoms with E-state index in [0.29, 0.717) is 12.2 Å². The molecule has 4 aromatic carbocycles. The Hall–Kier alpha value is -4.64. The number of benzene rings is 4. The van der Waals surface area contributed by atoms with Gasteiger partial charge in [0.25, 0.3) is 0 Å². The van der Waals surface area contributed by atoms with E-state index in [1.54, 1.807) is 37.3 Å². The molecule has 0 bridgehead atoms. The van der Waals surface area contributed by atoms with Gasteiger partial charge in [-0.1, -0.05) is 47.5 Å². The van der Waals surface area contributed by atoms with Crippen molar-refractivity contribution >= 4 is 18.3 Å². The fourth-order valence-electron chi connectivity index (χ4n) is 3.10. The second-order valence-corrected chi connectivity index (χ2v) is 8.17. The van der Waals surface area contributed by atoms with Gasteiger partial charge in [0, 0.05) is 11.6 Å². The molecule has 188 valence electrons. The molecule has 0 radical (unpaired) electrons. The summed E-state index contributed by atoms with van der Waals surface area (Å²) in [5, 5.41) is 0. The van der Waals surface area contributed by atoms with Crippen LogP contribution in [0.15, 0.2) is 103 Å². The van der Waals surface area contributed by atoms with Crippen molar-refractivity contribution in [1.29, 1.82) is 0 Å². The van der Waals surface area contributed by atoms with E-state index in [4.69, 9.17) is 14.2 Å². The van der Waals surface area contributed by atoms with Gasteiger partial charge in [-0.2, -0.15) is 0 Å². The van der Waals surface area contributed by atoms with Crippen molar-refractivity contribution in [2.75, 3.05) is 6.61 Å². The summed E-state index contributed by atoms with van der Waals surface area (Å²) in [5.41, 5.74) is 3.96. The molecular weight excluding hydrogens is 464 g/mol. The predicted molar refractivity (Wildman–Crippen MR) is 146 cm³/mol. The van der Waals surface area contributed by atoms with Crippen LogP contribution in [-0.2, 0) is 9.53 Å². The number of hydrogen-bond donors (Lipinski definition) is 0. The number of aryl methyl sites for hydroxylation is 2. The molecule has 4 rings (SSSR count). The zero-order valence-corrected chi connectivity index (χ0v) is 21.2. The van der Waals surface area contributed by atoms with E-state index in [1.807, 2.05) is 86.6 Å². The first-order valence-corrected chi connectivity index (χ1v) is 11.9. The van der Waals surface area contributed by atoms with Crippen LogP contribution in [0.25, 0.3) is 6.08 Å². The van der Waals surface area contributed by atoms with Crippen molar-refractivity contribution in [3.63, 3.8) is 0 Å². The van der Waals surface area contributed by atoms with Gasteiger partial charge in [-0.25, -0.2) is 4.79 Å². The molecule has 4 aromatic rings. The van der Waals surface area contributed by atoms with Crippen LogP contribution >= 0.6 is 0 Å². The number of carbonyl (C=O) groups is 2. The van der Waals surface area contributed by atoms with Gasteiger partial charge in [0.15, 0.2) is 0 Å². The van der Waals surface area contributed by atoms with E-state index in [0.717, 1.165) is 34.8 Å². The quantitative estimate of drug-likeness (QED) is 0.141. The molecule has 0 fully saturated rings. The first kappa shape index (κ1) is 27.0. The Labute approximate surface area is 218 Å². The molecule has 0 atom stereocenters. The predicted octanol–water partition coefficient (Wildman–Crippen LogP) is 7.96. The highest BCUT2D eigenvalue weighted by molar-refractivity contribution is 5.87. The van der Waals surface area contributed by atoms with Gasteiger partial charge in [-0.3, -0.25) is 4.79 Å². The maximum atomic E-state index is 11.2. The number of esters is 1. The van der Waals surface area contributed by atoms with Crippen LogP contribution in [0.3, 0.4) is 0 Å². The molecule has 5 heteroatoms. The molecule has 0 aliphatic carbocycles. The van der Waals surface area contributed by atoms with Gasteiger partial charge in [0.05, 0.1) is 6.61 Å². The molecule has 0 aromatic heterocycles. The molecule has 0 heterocycles. The molecule has 0 saturated carbocycles. The fraction of sp³-hybridized carbons (Fsp3) is 0.125. The van der Waals surface area contributed by atoms with E-state index >= 15 is 0 Å². The average molecular weight is 495 g/mol. The van der Waals surface area contributed by atoms with Gasteiger partial charge < -0.3 is 14.2 Å². The third kappa shape index (κ3) is 9.49. The number of carbonyl (C=O) groups excluding carboxylic acids is 2. The van der Waals surface area contributed by atoms with Gasteiger partial charge >= 0.3 is 5.97 Å². The van der Waals surface area contributed by atoms with Crippen LogP contribution in [0.4, 0.5) is 0 Å². The minimum atomic E-state index is -0.336. The van der Waals surface area contributed by atoms with E-state index < -0.39 is 0 Å². The largest absolute Gasteiger partial charge is 0.463 e. The van der Waals surface area contributed by atoms with Gasteiger partial charge in [-0.05, 0) is 93.1 Å². The van der Waals surface area contributed by atoms with Gasteiger partial charge in [-0.15, -0.1) is 0 Å². The van der Waals surface area contributed by atoms with Crippen molar-refractivity contribution in [2.45, 2.75) is 20.8 Å². The summed E-state index contributed by atoms with van der Waals surface area (Å²) in [5.74, 6) is 2.75. The fourth-order valence-corrected chi connectivity index (χ4v) is 3.10. The average Bonchev–Trinajstić information content (AvgIpc) is 2.92. The Morgan fingerprint density at radius 3 is 1.38 bits per heavy atom. The van der Waals surface area contributed by atoms with Crippen LogP contribution in [0.5, 0.6) is 23.0 Å². The lowest BCUT2D eigenvalue weighted by atomic mass is 10.2. The van der Waals surface area contributed by atoms with Crippen molar-refractivity contribution in [3.05, 3.63) is 125 Å². The minimum Gasteiger partial charge on any atom is -0.463 e. The highest BCUT2D eigenvalue weighted by Gasteiger charge is 1.99. The maximum absolute atomic E-state index is 11.2. The Morgan fingerprint density at radius 2 is 1.00 bits per heavy atom. The molecular formula is C32H30O5. The standard InChI is InChI=1S/C18H18O3.C14H12O2/c1-3-20-18(19)13-8-15-6-11-17(12-7-15)21-16-9-4-14(2)5-10-16;1-11-2-6-13(7-3-11)16-14-8-4-12(10-15)5-9-14/h4-13H,3H2,1-2H3;2-10H,1H3/b13-8+;. The lowest BCUT2D eigenvalue weighted by molar-refractivity contribution is -0.137. The van der Waals surface area contributed by atoms with Crippen molar-refractivity contribution in [2.24, 2.45) is 0 Å². The number of aldehydes is 1. The normalized spacial score (nSPS) is 10.2. The van der Waals surface area contributed by atoms with Crippen LogP contribution in [0.1, 0.15) is 34.0 Å². The monoisotopic (exact) mass is 494 g/mol. The summed E-state index contributed by atoms with van der Waals surface area (Å²) in [7, 11) is 0. The molecule has 0 unspecified atom stereocenters. The Balaban J connectivity index is 0.000000213. The molecule has 0 amide bonds. The molecule has 0 saturated heterocycles. The smallest absolute Gasteiger partial charge is 0.330 e. The van der Waals surface area contributed by atoms with Crippen LogP contribution in [-0.4, -0.2) is 18.9 Å². The number of rotatable bonds is 8. The number of hydrogen-bond acceptors (Lipinski definition) is 5. The molecule has 0 spiro atoms. The molecule has 0 aliphatic rings. The first-order chi connectivity index (χ1) is 17.9. The van der Waals surface area contributed by atoms with E-state index in [9.17, 15) is 9.59 Å². The van der Waals surface area contributed by atoms with Crippen molar-refractivity contribution < 1.29 is 23.8 Å². The third-order valence-electron chi connectivity index (χ3n) is 5.11. The van der Waals surface area contributed by atoms with E-state index in [-0.39, 0.29) is 5.97 Å². The highest BCUT2D eigenvalue weighted by Crippen LogP contribution is 2.23.